The molecule has 0 radical (unpaired) electrons. The fourth-order valence-electron chi connectivity index (χ4n) is 3.45. The molecule has 0 unspecified atom stereocenters. The van der Waals surface area contributed by atoms with E-state index in [9.17, 15) is 4.79 Å². The molecule has 0 saturated carbocycles. The largest absolute Gasteiger partial charge is 0.359 e. The van der Waals surface area contributed by atoms with Crippen molar-refractivity contribution in [2.45, 2.75) is 19.9 Å². The lowest BCUT2D eigenvalue weighted by Gasteiger charge is -2.22. The number of carbonyl (C=O) groups is 1. The average molecular weight is 448 g/mol. The molecule has 4 rings (SSSR count). The Kier molecular flexibility index (Phi) is 6.35. The van der Waals surface area contributed by atoms with Crippen LogP contribution < -0.4 is 10.6 Å². The van der Waals surface area contributed by atoms with E-state index in [1.165, 1.54) is 0 Å². The molecule has 0 aliphatic heterocycles. The van der Waals surface area contributed by atoms with Crippen molar-refractivity contribution in [1.82, 2.24) is 4.98 Å². The van der Waals surface area contributed by atoms with Gasteiger partial charge in [-0.1, -0.05) is 48.0 Å². The van der Waals surface area contributed by atoms with E-state index >= 15 is 0 Å². The molecule has 0 saturated heterocycles. The average Bonchev–Trinajstić information content (AvgIpc) is 3.06. The zero-order valence-electron chi connectivity index (χ0n) is 17.2. The van der Waals surface area contributed by atoms with Crippen LogP contribution in [0, 0.1) is 13.8 Å². The molecular formula is C25H22ClN3OS. The number of amides is 1. The Bertz CT molecular complexity index is 1190. The first-order chi connectivity index (χ1) is 15.0. The van der Waals surface area contributed by atoms with Crippen molar-refractivity contribution < 1.29 is 4.79 Å². The van der Waals surface area contributed by atoms with Crippen molar-refractivity contribution in [3.63, 3.8) is 0 Å². The minimum atomic E-state index is -0.232. The molecule has 1 amide bonds. The van der Waals surface area contributed by atoms with Crippen LogP contribution in [0.3, 0.4) is 0 Å². The van der Waals surface area contributed by atoms with Gasteiger partial charge in [0.2, 0.25) is 0 Å². The lowest BCUT2D eigenvalue weighted by atomic mass is 9.96. The predicted molar refractivity (Wildman–Crippen MR) is 129 cm³/mol. The number of aryl methyl sites for hydroxylation is 1. The van der Waals surface area contributed by atoms with Gasteiger partial charge in [0.05, 0.1) is 6.04 Å². The van der Waals surface area contributed by atoms with Gasteiger partial charge in [-0.15, -0.1) is 11.3 Å². The van der Waals surface area contributed by atoms with Gasteiger partial charge in [-0.3, -0.25) is 4.79 Å². The molecule has 0 fully saturated rings. The summed E-state index contributed by atoms with van der Waals surface area (Å²) in [5.41, 5.74) is 3.75. The molecule has 156 valence electrons. The molecule has 4 aromatic rings. The molecule has 2 heterocycles. The van der Waals surface area contributed by atoms with Crippen molar-refractivity contribution in [1.29, 1.82) is 0 Å². The molecular weight excluding hydrogens is 426 g/mol. The molecule has 0 aliphatic rings. The van der Waals surface area contributed by atoms with Crippen LogP contribution in [0.15, 0.2) is 79.0 Å². The summed E-state index contributed by atoms with van der Waals surface area (Å²) in [5.74, 6) is 0.613. The Hall–Kier alpha value is -3.15. The smallest absolute Gasteiger partial charge is 0.256 e. The highest BCUT2D eigenvalue weighted by Gasteiger charge is 2.25. The van der Waals surface area contributed by atoms with Crippen molar-refractivity contribution in [3.8, 4) is 0 Å². The number of pyridine rings is 1. The van der Waals surface area contributed by atoms with E-state index in [0.717, 1.165) is 32.4 Å². The van der Waals surface area contributed by atoms with Crippen LogP contribution in [-0.2, 0) is 0 Å². The summed E-state index contributed by atoms with van der Waals surface area (Å²) in [4.78, 5) is 18.5. The molecule has 0 bridgehead atoms. The Morgan fingerprint density at radius 1 is 1.00 bits per heavy atom. The normalized spacial score (nSPS) is 11.7. The second-order valence-electron chi connectivity index (χ2n) is 7.19. The number of hydrogen-bond acceptors (Lipinski definition) is 4. The van der Waals surface area contributed by atoms with Crippen molar-refractivity contribution >= 4 is 39.7 Å². The standard InChI is InChI=1S/C25H22ClN3OS/c1-16-17(2)31-25(29-24(30)18-9-4-3-5-10-18)22(16)23(19-11-8-12-20(26)15-19)28-21-13-6-7-14-27-21/h3-15,23H,1-2H3,(H,27,28)(H,29,30)/t23-/m0/s1. The van der Waals surface area contributed by atoms with Gasteiger partial charge in [0.25, 0.3) is 5.91 Å². The summed E-state index contributed by atoms with van der Waals surface area (Å²) < 4.78 is 0. The maximum Gasteiger partial charge on any atom is 0.256 e. The number of halogens is 1. The van der Waals surface area contributed by atoms with Gasteiger partial charge in [-0.2, -0.15) is 0 Å². The molecule has 4 nitrogen and oxygen atoms in total. The molecule has 2 aromatic carbocycles. The molecule has 0 spiro atoms. The van der Waals surface area contributed by atoms with E-state index in [-0.39, 0.29) is 11.9 Å². The molecule has 0 aliphatic carbocycles. The first-order valence-corrected chi connectivity index (χ1v) is 11.1. The van der Waals surface area contributed by atoms with Crippen LogP contribution >= 0.6 is 22.9 Å². The van der Waals surface area contributed by atoms with E-state index in [1.54, 1.807) is 17.5 Å². The molecule has 31 heavy (non-hydrogen) atoms. The van der Waals surface area contributed by atoms with Crippen molar-refractivity contribution in [3.05, 3.63) is 111 Å². The third-order valence-electron chi connectivity index (χ3n) is 5.12. The zero-order valence-corrected chi connectivity index (χ0v) is 18.8. The summed E-state index contributed by atoms with van der Waals surface area (Å²) in [6.07, 6.45) is 1.75. The molecule has 2 aromatic heterocycles. The van der Waals surface area contributed by atoms with Crippen LogP contribution in [-0.4, -0.2) is 10.9 Å². The number of anilines is 2. The topological polar surface area (TPSA) is 54.0 Å². The molecule has 1 atom stereocenters. The third kappa shape index (κ3) is 4.79. The number of nitrogens with zero attached hydrogens (tertiary/aromatic N) is 1. The van der Waals surface area contributed by atoms with Crippen LogP contribution in [0.5, 0.6) is 0 Å². The number of rotatable bonds is 6. The van der Waals surface area contributed by atoms with E-state index in [4.69, 9.17) is 11.6 Å². The maximum atomic E-state index is 12.9. The SMILES string of the molecule is Cc1sc(NC(=O)c2ccccc2)c([C@@H](Nc2ccccn2)c2cccc(Cl)c2)c1C. The van der Waals surface area contributed by atoms with E-state index in [1.807, 2.05) is 72.8 Å². The van der Waals surface area contributed by atoms with Crippen LogP contribution in [0.4, 0.5) is 10.8 Å². The molecule has 2 N–H and O–H groups in total. The Balaban J connectivity index is 1.78. The van der Waals surface area contributed by atoms with Gasteiger partial charge in [0.15, 0.2) is 0 Å². The summed E-state index contributed by atoms with van der Waals surface area (Å²) in [6, 6.07) is 22.5. The Morgan fingerprint density at radius 3 is 2.48 bits per heavy atom. The van der Waals surface area contributed by atoms with Crippen molar-refractivity contribution in [2.75, 3.05) is 10.6 Å². The van der Waals surface area contributed by atoms with Crippen molar-refractivity contribution in [2.24, 2.45) is 0 Å². The third-order valence-corrected chi connectivity index (χ3v) is 6.50. The lowest BCUT2D eigenvalue weighted by Crippen LogP contribution is -2.18. The second-order valence-corrected chi connectivity index (χ2v) is 8.85. The van der Waals surface area contributed by atoms with Gasteiger partial charge in [0.1, 0.15) is 10.8 Å². The van der Waals surface area contributed by atoms with Crippen LogP contribution in [0.2, 0.25) is 5.02 Å². The van der Waals surface area contributed by atoms with Crippen LogP contribution in [0.25, 0.3) is 0 Å². The van der Waals surface area contributed by atoms with Gasteiger partial charge >= 0.3 is 0 Å². The van der Waals surface area contributed by atoms with Gasteiger partial charge in [-0.25, -0.2) is 4.98 Å². The highest BCUT2D eigenvalue weighted by molar-refractivity contribution is 7.16. The second kappa shape index (κ2) is 9.33. The number of hydrogen-bond donors (Lipinski definition) is 2. The van der Waals surface area contributed by atoms with Gasteiger partial charge in [0, 0.05) is 27.2 Å². The highest BCUT2D eigenvalue weighted by atomic mass is 35.5. The summed E-state index contributed by atoms with van der Waals surface area (Å²) in [5, 5.41) is 8.13. The minimum Gasteiger partial charge on any atom is -0.359 e. The Morgan fingerprint density at radius 2 is 1.77 bits per heavy atom. The highest BCUT2D eigenvalue weighted by Crippen LogP contribution is 2.41. The number of aromatic nitrogens is 1. The maximum absolute atomic E-state index is 12.9. The van der Waals surface area contributed by atoms with E-state index < -0.39 is 0 Å². The Labute approximate surface area is 190 Å². The quantitative estimate of drug-likeness (QED) is 0.339. The van der Waals surface area contributed by atoms with E-state index in [2.05, 4.69) is 29.5 Å². The monoisotopic (exact) mass is 447 g/mol. The summed E-state index contributed by atoms with van der Waals surface area (Å²) in [7, 11) is 0. The molecule has 6 heteroatoms. The zero-order chi connectivity index (χ0) is 21.8. The van der Waals surface area contributed by atoms with E-state index in [0.29, 0.717) is 10.6 Å². The summed E-state index contributed by atoms with van der Waals surface area (Å²) in [6.45, 7) is 4.15. The van der Waals surface area contributed by atoms with Gasteiger partial charge < -0.3 is 10.6 Å². The number of carbonyl (C=O) groups excluding carboxylic acids is 1. The summed E-state index contributed by atoms with van der Waals surface area (Å²) >= 11 is 7.89. The fourth-order valence-corrected chi connectivity index (χ4v) is 4.75. The van der Waals surface area contributed by atoms with Gasteiger partial charge in [-0.05, 0) is 61.4 Å². The minimum absolute atomic E-state index is 0.134. The number of thiophene rings is 1. The lowest BCUT2D eigenvalue weighted by molar-refractivity contribution is 0.102. The predicted octanol–water partition coefficient (Wildman–Crippen LogP) is 6.87. The van der Waals surface area contributed by atoms with Crippen LogP contribution in [0.1, 0.15) is 38.0 Å². The number of benzene rings is 2. The first kappa shape index (κ1) is 21.1. The number of nitrogens with one attached hydrogen (secondary N) is 2. The fraction of sp³-hybridized carbons (Fsp3) is 0.120. The first-order valence-electron chi connectivity index (χ1n) is 9.92.